The maximum atomic E-state index is 14.6. The standard InChI is InChI=1S/C26H20FN3O3/c1-16-5-7-17(8-6-16)18-9-11-22(23(27)14-18)26(32)30-20-10-12-24(29-15-20)33-21-4-2-3-19(13-21)25(28)31/h2-15H,1H3,(H2,28,31)(H,30,32). The Hall–Kier alpha value is -4.52. The van der Waals surface area contributed by atoms with E-state index in [1.807, 2.05) is 31.2 Å². The first-order chi connectivity index (χ1) is 15.9. The molecular weight excluding hydrogens is 421 g/mol. The average molecular weight is 441 g/mol. The molecule has 0 unspecified atom stereocenters. The Kier molecular flexibility index (Phi) is 6.13. The normalized spacial score (nSPS) is 10.5. The van der Waals surface area contributed by atoms with Gasteiger partial charge < -0.3 is 15.8 Å². The summed E-state index contributed by atoms with van der Waals surface area (Å²) in [4.78, 5) is 28.0. The van der Waals surface area contributed by atoms with Crippen molar-refractivity contribution in [1.82, 2.24) is 4.98 Å². The van der Waals surface area contributed by atoms with Crippen LogP contribution in [0.15, 0.2) is 85.1 Å². The predicted molar refractivity (Wildman–Crippen MR) is 124 cm³/mol. The largest absolute Gasteiger partial charge is 0.439 e. The van der Waals surface area contributed by atoms with Gasteiger partial charge in [-0.15, -0.1) is 0 Å². The number of aromatic nitrogens is 1. The van der Waals surface area contributed by atoms with Gasteiger partial charge in [0, 0.05) is 11.6 Å². The number of primary amides is 1. The van der Waals surface area contributed by atoms with Crippen molar-refractivity contribution >= 4 is 17.5 Å². The summed E-state index contributed by atoms with van der Waals surface area (Å²) in [5.74, 6) is -1.12. The van der Waals surface area contributed by atoms with Gasteiger partial charge in [-0.25, -0.2) is 9.37 Å². The molecule has 0 fully saturated rings. The Morgan fingerprint density at radius 2 is 1.70 bits per heavy atom. The molecule has 4 rings (SSSR count). The van der Waals surface area contributed by atoms with Gasteiger partial charge in [-0.2, -0.15) is 0 Å². The molecule has 3 N–H and O–H groups in total. The van der Waals surface area contributed by atoms with Gasteiger partial charge in [0.2, 0.25) is 11.8 Å². The number of nitrogens with two attached hydrogens (primary N) is 1. The Bertz CT molecular complexity index is 1320. The fourth-order valence-electron chi connectivity index (χ4n) is 3.17. The zero-order chi connectivity index (χ0) is 23.4. The van der Waals surface area contributed by atoms with Crippen molar-refractivity contribution in [1.29, 1.82) is 0 Å². The third kappa shape index (κ3) is 5.22. The molecule has 0 aliphatic heterocycles. The summed E-state index contributed by atoms with van der Waals surface area (Å²) in [5, 5.41) is 2.62. The second-order valence-corrected chi connectivity index (χ2v) is 7.39. The number of nitrogens with one attached hydrogen (secondary N) is 1. The number of aryl methyl sites for hydroxylation is 1. The van der Waals surface area contributed by atoms with E-state index < -0.39 is 17.6 Å². The summed E-state index contributed by atoms with van der Waals surface area (Å²) < 4.78 is 20.2. The number of ether oxygens (including phenoxy) is 1. The molecule has 164 valence electrons. The van der Waals surface area contributed by atoms with Crippen molar-refractivity contribution in [2.45, 2.75) is 6.92 Å². The molecule has 0 aliphatic carbocycles. The minimum absolute atomic E-state index is 0.0746. The van der Waals surface area contributed by atoms with Gasteiger partial charge in [0.15, 0.2) is 0 Å². The molecule has 0 spiro atoms. The summed E-state index contributed by atoms with van der Waals surface area (Å²) in [6, 6.07) is 21.7. The van der Waals surface area contributed by atoms with Crippen molar-refractivity contribution < 1.29 is 18.7 Å². The van der Waals surface area contributed by atoms with Crippen LogP contribution in [0.1, 0.15) is 26.3 Å². The van der Waals surface area contributed by atoms with Crippen LogP contribution in [0.2, 0.25) is 0 Å². The van der Waals surface area contributed by atoms with E-state index in [-0.39, 0.29) is 11.4 Å². The summed E-state index contributed by atoms with van der Waals surface area (Å²) in [7, 11) is 0. The molecule has 0 atom stereocenters. The molecule has 2 amide bonds. The second kappa shape index (κ2) is 9.32. The maximum absolute atomic E-state index is 14.6. The Morgan fingerprint density at radius 3 is 2.36 bits per heavy atom. The second-order valence-electron chi connectivity index (χ2n) is 7.39. The molecule has 1 heterocycles. The van der Waals surface area contributed by atoms with Gasteiger partial charge in [-0.05, 0) is 54.4 Å². The van der Waals surface area contributed by atoms with Crippen LogP contribution >= 0.6 is 0 Å². The smallest absolute Gasteiger partial charge is 0.258 e. The van der Waals surface area contributed by atoms with E-state index in [0.29, 0.717) is 22.6 Å². The molecule has 0 radical (unpaired) electrons. The Labute approximate surface area is 189 Å². The lowest BCUT2D eigenvalue weighted by atomic mass is 10.0. The first-order valence-electron chi connectivity index (χ1n) is 10.1. The van der Waals surface area contributed by atoms with Crippen molar-refractivity contribution in [3.8, 4) is 22.8 Å². The third-order valence-electron chi connectivity index (χ3n) is 4.93. The lowest BCUT2D eigenvalue weighted by Gasteiger charge is -2.09. The summed E-state index contributed by atoms with van der Waals surface area (Å²) >= 11 is 0. The van der Waals surface area contributed by atoms with Crippen LogP contribution in [-0.4, -0.2) is 16.8 Å². The van der Waals surface area contributed by atoms with E-state index in [1.165, 1.54) is 24.4 Å². The highest BCUT2D eigenvalue weighted by Gasteiger charge is 2.14. The number of nitrogens with zero attached hydrogens (tertiary/aromatic N) is 1. The average Bonchev–Trinajstić information content (AvgIpc) is 2.81. The molecular formula is C26H20FN3O3. The van der Waals surface area contributed by atoms with Crippen LogP contribution in [0.5, 0.6) is 11.6 Å². The number of pyridine rings is 1. The van der Waals surface area contributed by atoms with E-state index in [9.17, 15) is 14.0 Å². The number of hydrogen-bond donors (Lipinski definition) is 2. The third-order valence-corrected chi connectivity index (χ3v) is 4.93. The molecule has 0 aliphatic rings. The highest BCUT2D eigenvalue weighted by atomic mass is 19.1. The number of benzene rings is 3. The van der Waals surface area contributed by atoms with Crippen LogP contribution in [0.25, 0.3) is 11.1 Å². The zero-order valence-electron chi connectivity index (χ0n) is 17.7. The fourth-order valence-corrected chi connectivity index (χ4v) is 3.17. The monoisotopic (exact) mass is 441 g/mol. The summed E-state index contributed by atoms with van der Waals surface area (Å²) in [6.45, 7) is 1.98. The van der Waals surface area contributed by atoms with Crippen molar-refractivity contribution in [2.75, 3.05) is 5.32 Å². The van der Waals surface area contributed by atoms with Crippen LogP contribution in [0, 0.1) is 12.7 Å². The zero-order valence-corrected chi connectivity index (χ0v) is 17.7. The highest BCUT2D eigenvalue weighted by Crippen LogP contribution is 2.24. The molecule has 0 bridgehead atoms. The Morgan fingerprint density at radius 1 is 0.939 bits per heavy atom. The number of hydrogen-bond acceptors (Lipinski definition) is 4. The topological polar surface area (TPSA) is 94.3 Å². The van der Waals surface area contributed by atoms with E-state index in [0.717, 1.165) is 11.1 Å². The molecule has 6 nitrogen and oxygen atoms in total. The first kappa shape index (κ1) is 21.7. The molecule has 1 aromatic heterocycles. The lowest BCUT2D eigenvalue weighted by molar-refractivity contribution is 0.0997. The summed E-state index contributed by atoms with van der Waals surface area (Å²) in [6.07, 6.45) is 1.39. The van der Waals surface area contributed by atoms with Gasteiger partial charge in [0.1, 0.15) is 11.6 Å². The molecule has 3 aromatic carbocycles. The predicted octanol–water partition coefficient (Wildman–Crippen LogP) is 5.34. The van der Waals surface area contributed by atoms with Crippen LogP contribution in [0.3, 0.4) is 0 Å². The summed E-state index contributed by atoms with van der Waals surface area (Å²) in [5.41, 5.74) is 8.55. The first-order valence-corrected chi connectivity index (χ1v) is 10.1. The number of rotatable bonds is 6. The van der Waals surface area contributed by atoms with Gasteiger partial charge in [0.05, 0.1) is 17.4 Å². The van der Waals surface area contributed by atoms with Gasteiger partial charge in [-0.1, -0.05) is 42.0 Å². The van der Waals surface area contributed by atoms with Gasteiger partial charge >= 0.3 is 0 Å². The fraction of sp³-hybridized carbons (Fsp3) is 0.0385. The number of anilines is 1. The lowest BCUT2D eigenvalue weighted by Crippen LogP contribution is -2.14. The van der Waals surface area contributed by atoms with Crippen LogP contribution < -0.4 is 15.8 Å². The highest BCUT2D eigenvalue weighted by molar-refractivity contribution is 6.04. The van der Waals surface area contributed by atoms with Crippen LogP contribution in [0.4, 0.5) is 10.1 Å². The van der Waals surface area contributed by atoms with Crippen molar-refractivity contribution in [3.63, 3.8) is 0 Å². The van der Waals surface area contributed by atoms with E-state index in [1.54, 1.807) is 36.4 Å². The molecule has 7 heteroatoms. The maximum Gasteiger partial charge on any atom is 0.258 e. The van der Waals surface area contributed by atoms with E-state index in [2.05, 4.69) is 10.3 Å². The minimum atomic E-state index is -0.618. The number of halogens is 1. The van der Waals surface area contributed by atoms with Crippen LogP contribution in [-0.2, 0) is 0 Å². The Balaban J connectivity index is 1.44. The number of amides is 2. The van der Waals surface area contributed by atoms with Crippen molar-refractivity contribution in [3.05, 3.63) is 108 Å². The number of carbonyl (C=O) groups is 2. The molecule has 0 saturated heterocycles. The quantitative estimate of drug-likeness (QED) is 0.422. The SMILES string of the molecule is Cc1ccc(-c2ccc(C(=O)Nc3ccc(Oc4cccc(C(N)=O)c4)nc3)c(F)c2)cc1. The number of carbonyl (C=O) groups excluding carboxylic acids is 2. The van der Waals surface area contributed by atoms with Crippen molar-refractivity contribution in [2.24, 2.45) is 5.73 Å². The molecule has 0 saturated carbocycles. The van der Waals surface area contributed by atoms with Gasteiger partial charge in [-0.3, -0.25) is 9.59 Å². The van der Waals surface area contributed by atoms with E-state index >= 15 is 0 Å². The molecule has 33 heavy (non-hydrogen) atoms. The molecule has 4 aromatic rings. The van der Waals surface area contributed by atoms with Gasteiger partial charge in [0.25, 0.3) is 5.91 Å². The van der Waals surface area contributed by atoms with E-state index in [4.69, 9.17) is 10.5 Å². The minimum Gasteiger partial charge on any atom is -0.439 e.